The first-order valence-electron chi connectivity index (χ1n) is 12.3. The van der Waals surface area contributed by atoms with Crippen molar-refractivity contribution in [2.45, 2.75) is 39.2 Å². The second-order valence-electron chi connectivity index (χ2n) is 9.30. The van der Waals surface area contributed by atoms with Gasteiger partial charge in [0.15, 0.2) is 0 Å². The van der Waals surface area contributed by atoms with E-state index < -0.39 is 0 Å². The smallest absolute Gasteiger partial charge is 0.239 e. The fourth-order valence-electron chi connectivity index (χ4n) is 4.67. The van der Waals surface area contributed by atoms with E-state index in [1.54, 1.807) is 36.9 Å². The second-order valence-corrected chi connectivity index (χ2v) is 10.4. The topological polar surface area (TPSA) is 126 Å². The number of ether oxygens (including phenoxy) is 2. The number of fused-ring (bicyclic) bond motifs is 3. The minimum atomic E-state index is -0.211. The van der Waals surface area contributed by atoms with Gasteiger partial charge in [0.2, 0.25) is 6.04 Å². The van der Waals surface area contributed by atoms with Crippen LogP contribution in [0.15, 0.2) is 24.0 Å². The van der Waals surface area contributed by atoms with Crippen molar-refractivity contribution in [2.24, 2.45) is 0 Å². The summed E-state index contributed by atoms with van der Waals surface area (Å²) < 4.78 is 10.7. The number of nitroso groups, excluding NO2 is 1. The van der Waals surface area contributed by atoms with E-state index in [0.717, 1.165) is 43.2 Å². The highest BCUT2D eigenvalue weighted by atomic mass is 32.1. The van der Waals surface area contributed by atoms with E-state index in [1.807, 2.05) is 32.1 Å². The molecule has 1 aliphatic rings. The third-order valence-corrected chi connectivity index (χ3v) is 7.59. The van der Waals surface area contributed by atoms with Gasteiger partial charge in [-0.3, -0.25) is 0 Å². The molecule has 0 spiro atoms. The fourth-order valence-corrected chi connectivity index (χ4v) is 5.93. The number of benzene rings is 1. The molecular formula is C26H35N6O4S+. The van der Waals surface area contributed by atoms with Gasteiger partial charge < -0.3 is 25.6 Å². The van der Waals surface area contributed by atoms with Gasteiger partial charge in [-0.2, -0.15) is 0 Å². The molecular weight excluding hydrogens is 492 g/mol. The van der Waals surface area contributed by atoms with Crippen LogP contribution in [0, 0.1) is 4.91 Å². The van der Waals surface area contributed by atoms with Crippen molar-refractivity contribution >= 4 is 44.8 Å². The van der Waals surface area contributed by atoms with Crippen LogP contribution in [-0.2, 0) is 17.6 Å². The van der Waals surface area contributed by atoms with Crippen LogP contribution in [0.1, 0.15) is 36.3 Å². The molecule has 3 aromatic rings. The zero-order chi connectivity index (χ0) is 26.5. The number of aryl methyl sites for hydroxylation is 1. The van der Waals surface area contributed by atoms with E-state index in [4.69, 9.17) is 15.2 Å². The third-order valence-electron chi connectivity index (χ3n) is 6.42. The number of aromatic nitrogens is 2. The number of nitrogens with two attached hydrogens (primary N) is 1. The third kappa shape index (κ3) is 5.84. The summed E-state index contributed by atoms with van der Waals surface area (Å²) in [5, 5.41) is 15.5. The first kappa shape index (κ1) is 26.8. The van der Waals surface area contributed by atoms with E-state index in [2.05, 4.69) is 15.3 Å². The van der Waals surface area contributed by atoms with Crippen LogP contribution in [0.2, 0.25) is 0 Å². The predicted octanol–water partition coefficient (Wildman–Crippen LogP) is 3.94. The van der Waals surface area contributed by atoms with Gasteiger partial charge in [0, 0.05) is 30.2 Å². The molecule has 0 bridgehead atoms. The lowest BCUT2D eigenvalue weighted by Gasteiger charge is -2.21. The number of allylic oxidation sites excluding steroid dienone is 1. The first-order valence-corrected chi connectivity index (χ1v) is 13.1. The zero-order valence-electron chi connectivity index (χ0n) is 21.8. The number of nitrogen functional groups attached to an aromatic ring is 1. The van der Waals surface area contributed by atoms with Gasteiger partial charge >= 0.3 is 0 Å². The Morgan fingerprint density at radius 2 is 2.14 bits per heavy atom. The quantitative estimate of drug-likeness (QED) is 0.193. The number of aliphatic hydroxyl groups excluding tert-OH is 1. The van der Waals surface area contributed by atoms with Crippen LogP contribution in [0.25, 0.3) is 16.3 Å². The predicted molar refractivity (Wildman–Crippen MR) is 147 cm³/mol. The van der Waals surface area contributed by atoms with Crippen LogP contribution in [0.3, 0.4) is 0 Å². The number of thiophene rings is 1. The average molecular weight is 528 g/mol. The van der Waals surface area contributed by atoms with Gasteiger partial charge in [-0.1, -0.05) is 11.6 Å². The molecule has 2 heterocycles. The number of hydrazine groups is 1. The molecule has 1 aromatic carbocycles. The van der Waals surface area contributed by atoms with E-state index in [0.29, 0.717) is 43.2 Å². The molecule has 10 nitrogen and oxygen atoms in total. The van der Waals surface area contributed by atoms with Crippen molar-refractivity contribution in [3.8, 4) is 5.75 Å². The highest BCUT2D eigenvalue weighted by Gasteiger charge is 2.37. The molecule has 2 aromatic heterocycles. The Balaban J connectivity index is 1.65. The highest BCUT2D eigenvalue weighted by Crippen LogP contribution is 2.41. The van der Waals surface area contributed by atoms with E-state index in [9.17, 15) is 10.0 Å². The number of methoxy groups -OCH3 is 2. The van der Waals surface area contributed by atoms with Crippen LogP contribution in [-0.4, -0.2) is 71.5 Å². The molecule has 1 atom stereocenters. The van der Waals surface area contributed by atoms with Crippen molar-refractivity contribution in [2.75, 3.05) is 51.6 Å². The molecule has 0 saturated heterocycles. The van der Waals surface area contributed by atoms with Gasteiger partial charge in [0.05, 0.1) is 42.7 Å². The normalized spacial score (nSPS) is 14.8. The lowest BCUT2D eigenvalue weighted by molar-refractivity contribution is -0.736. The van der Waals surface area contributed by atoms with Gasteiger partial charge in [-0.25, -0.2) is 9.97 Å². The lowest BCUT2D eigenvalue weighted by atomic mass is 9.93. The fraction of sp³-hybridized carbons (Fsp3) is 0.462. The molecule has 4 rings (SSSR count). The largest absolute Gasteiger partial charge is 0.494 e. The van der Waals surface area contributed by atoms with E-state index in [-0.39, 0.29) is 19.2 Å². The maximum atomic E-state index is 13.1. The Kier molecular flexibility index (Phi) is 8.57. The summed E-state index contributed by atoms with van der Waals surface area (Å²) in [5.41, 5.74) is 10.9. The standard InChI is InChI=1S/C26H35N6O4S/c1-16(2)11-17-12-21(22(36-4)14-20(17)27)30-25-24-19-6-5-18(13-23(19)37-26(24)29-15-28-25)32(34)31(7-9-33)8-10-35-3/h11-12,14-15,18,33H,5-10,13,27H2,1-4H3,(H,28,29,30)/q+1. The molecule has 37 heavy (non-hydrogen) atoms. The Morgan fingerprint density at radius 3 is 2.84 bits per heavy atom. The summed E-state index contributed by atoms with van der Waals surface area (Å²) in [7, 11) is 3.22. The van der Waals surface area contributed by atoms with Crippen molar-refractivity contribution in [1.82, 2.24) is 15.0 Å². The molecule has 198 valence electrons. The van der Waals surface area contributed by atoms with Crippen LogP contribution >= 0.6 is 11.3 Å². The maximum absolute atomic E-state index is 13.1. The Morgan fingerprint density at radius 1 is 1.32 bits per heavy atom. The monoisotopic (exact) mass is 527 g/mol. The lowest BCUT2D eigenvalue weighted by Crippen LogP contribution is -2.45. The summed E-state index contributed by atoms with van der Waals surface area (Å²) in [6, 6.07) is 3.57. The van der Waals surface area contributed by atoms with Crippen LogP contribution < -0.4 is 15.8 Å². The summed E-state index contributed by atoms with van der Waals surface area (Å²) in [6.45, 7) is 5.11. The van der Waals surface area contributed by atoms with Gasteiger partial charge in [-0.15, -0.1) is 16.3 Å². The first-order chi connectivity index (χ1) is 17.9. The number of hydrogen-bond acceptors (Lipinski definition) is 9. The van der Waals surface area contributed by atoms with E-state index >= 15 is 0 Å². The molecule has 0 saturated carbocycles. The zero-order valence-corrected chi connectivity index (χ0v) is 22.6. The second kappa shape index (κ2) is 11.8. The molecule has 1 aliphatic carbocycles. The summed E-state index contributed by atoms with van der Waals surface area (Å²) in [6.07, 6.45) is 5.63. The van der Waals surface area contributed by atoms with Crippen LogP contribution in [0.5, 0.6) is 5.75 Å². The minimum absolute atomic E-state index is 0.0855. The van der Waals surface area contributed by atoms with E-state index in [1.165, 1.54) is 5.56 Å². The highest BCUT2D eigenvalue weighted by molar-refractivity contribution is 7.19. The molecule has 11 heteroatoms. The number of nitrogens with zero attached hydrogens (tertiary/aromatic N) is 4. The summed E-state index contributed by atoms with van der Waals surface area (Å²) >= 11 is 1.60. The van der Waals surface area contributed by atoms with Crippen molar-refractivity contribution < 1.29 is 19.4 Å². The van der Waals surface area contributed by atoms with Crippen LogP contribution in [0.4, 0.5) is 17.2 Å². The summed E-state index contributed by atoms with van der Waals surface area (Å²) in [4.78, 5) is 25.3. The number of anilines is 3. The maximum Gasteiger partial charge on any atom is 0.239 e. The van der Waals surface area contributed by atoms with Gasteiger partial charge in [0.1, 0.15) is 40.7 Å². The van der Waals surface area contributed by atoms with Crippen molar-refractivity contribution in [3.05, 3.63) is 44.9 Å². The molecule has 0 aliphatic heterocycles. The molecule has 4 N–H and O–H groups in total. The van der Waals surface area contributed by atoms with Gasteiger partial charge in [0.25, 0.3) is 0 Å². The minimum Gasteiger partial charge on any atom is -0.494 e. The number of rotatable bonds is 11. The van der Waals surface area contributed by atoms with Crippen molar-refractivity contribution in [3.63, 3.8) is 0 Å². The molecule has 0 amide bonds. The van der Waals surface area contributed by atoms with Crippen molar-refractivity contribution in [1.29, 1.82) is 0 Å². The molecule has 1 unspecified atom stereocenters. The number of aliphatic hydroxyl groups is 1. The number of hydrogen-bond donors (Lipinski definition) is 3. The van der Waals surface area contributed by atoms with Gasteiger partial charge in [-0.05, 0) is 37.5 Å². The molecule has 0 fully saturated rings. The summed E-state index contributed by atoms with van der Waals surface area (Å²) in [5.74, 6) is 1.33. The molecule has 0 radical (unpaired) electrons. The Labute approximate surface area is 220 Å². The number of nitrogens with one attached hydrogen (secondary N) is 1. The SMILES string of the molecule is COCCN(CCO)[N+](=O)C1CCc2c(sc3ncnc(Nc4cc(C=C(C)C)c(N)cc4OC)c23)C1. The Bertz CT molecular complexity index is 1300. The Hall–Kier alpha value is -3.28. The average Bonchev–Trinajstić information content (AvgIpc) is 3.26.